The summed E-state index contributed by atoms with van der Waals surface area (Å²) in [5.41, 5.74) is 3.24. The molecular weight excluding hydrogens is 340 g/mol. The molecule has 1 rings (SSSR count). The minimum absolute atomic E-state index is 0.311. The van der Waals surface area contributed by atoms with E-state index in [-0.39, 0.29) is 0 Å². The molecule has 1 aromatic carbocycles. The third-order valence-electron chi connectivity index (χ3n) is 6.29. The van der Waals surface area contributed by atoms with Crippen molar-refractivity contribution in [1.29, 1.82) is 0 Å². The first kappa shape index (κ1) is 22.6. The van der Waals surface area contributed by atoms with Gasteiger partial charge in [-0.15, -0.1) is 11.8 Å². The highest BCUT2D eigenvalue weighted by Crippen LogP contribution is 2.63. The van der Waals surface area contributed by atoms with Crippen molar-refractivity contribution in [3.05, 3.63) is 22.8 Å². The number of hydrogen-bond acceptors (Lipinski definition) is 2. The molecule has 0 amide bonds. The number of phenols is 1. The molecule has 0 spiro atoms. The van der Waals surface area contributed by atoms with Crippen LogP contribution in [0.15, 0.2) is 11.0 Å². The van der Waals surface area contributed by atoms with Gasteiger partial charge in [0.05, 0.1) is 8.07 Å². The predicted octanol–water partition coefficient (Wildman–Crippen LogP) is 7.80. The molecule has 0 fully saturated rings. The molecule has 1 aromatic rings. The Balaban J connectivity index is 3.45. The second kappa shape index (κ2) is 6.96. The van der Waals surface area contributed by atoms with Crippen LogP contribution in [0.2, 0.25) is 15.1 Å². The summed E-state index contributed by atoms with van der Waals surface area (Å²) in [5.74, 6) is 0.452. The number of rotatable bonds is 3. The normalized spacial score (nSPS) is 14.1. The fraction of sp³-hybridized carbons (Fsp3) is 0.727. The molecule has 0 aromatic heterocycles. The fourth-order valence-electron chi connectivity index (χ4n) is 5.39. The lowest BCUT2D eigenvalue weighted by atomic mass is 10.1. The van der Waals surface area contributed by atoms with Crippen molar-refractivity contribution in [3.63, 3.8) is 0 Å². The molecule has 0 radical (unpaired) electrons. The van der Waals surface area contributed by atoms with Crippen LogP contribution >= 0.6 is 11.8 Å². The quantitative estimate of drug-likeness (QED) is 0.426. The van der Waals surface area contributed by atoms with Crippen molar-refractivity contribution in [1.82, 2.24) is 0 Å². The first-order chi connectivity index (χ1) is 11.0. The summed E-state index contributed by atoms with van der Waals surface area (Å²) < 4.78 is 0. The van der Waals surface area contributed by atoms with E-state index in [1.165, 1.54) is 15.8 Å². The largest absolute Gasteiger partial charge is 0.507 e. The van der Waals surface area contributed by atoms with E-state index in [1.807, 2.05) is 25.6 Å². The first-order valence-corrected chi connectivity index (χ1v) is 12.6. The molecule has 144 valence electrons. The Morgan fingerprint density at radius 3 is 1.56 bits per heavy atom. The van der Waals surface area contributed by atoms with Crippen LogP contribution in [0.3, 0.4) is 0 Å². The van der Waals surface area contributed by atoms with Gasteiger partial charge in [0.2, 0.25) is 0 Å². The highest BCUT2D eigenvalue weighted by atomic mass is 32.2. The maximum Gasteiger partial charge on any atom is 0.121 e. The Hall–Kier alpha value is -0.413. The zero-order valence-corrected chi connectivity index (χ0v) is 20.5. The lowest BCUT2D eigenvalue weighted by molar-refractivity contribution is 0.465. The van der Waals surface area contributed by atoms with Gasteiger partial charge in [-0.05, 0) is 64.0 Å². The molecule has 1 N–H and O–H groups in total. The van der Waals surface area contributed by atoms with Gasteiger partial charge in [-0.3, -0.25) is 0 Å². The molecule has 0 saturated carbocycles. The molecular formula is C22H40OSSi. The van der Waals surface area contributed by atoms with E-state index in [1.54, 1.807) is 0 Å². The van der Waals surface area contributed by atoms with Crippen molar-refractivity contribution in [2.24, 2.45) is 0 Å². The van der Waals surface area contributed by atoms with Crippen LogP contribution in [0, 0.1) is 20.8 Å². The number of aryl methyl sites for hydroxylation is 1. The van der Waals surface area contributed by atoms with Gasteiger partial charge in [0.15, 0.2) is 0 Å². The third kappa shape index (κ3) is 3.97. The molecule has 0 unspecified atom stereocenters. The molecule has 0 aliphatic heterocycles. The third-order valence-corrected chi connectivity index (χ3v) is 17.0. The summed E-state index contributed by atoms with van der Waals surface area (Å²) in [6.45, 7) is 28.3. The van der Waals surface area contributed by atoms with E-state index < -0.39 is 8.07 Å². The summed E-state index contributed by atoms with van der Waals surface area (Å²) in [6.07, 6.45) is 0. The van der Waals surface area contributed by atoms with Crippen LogP contribution in [0.4, 0.5) is 0 Å². The van der Waals surface area contributed by atoms with E-state index in [2.05, 4.69) is 75.3 Å². The summed E-state index contributed by atoms with van der Waals surface area (Å²) in [5, 5.41) is 12.4. The number of phenolic OH excluding ortho intramolecular Hbond substituents is 1. The average Bonchev–Trinajstić information content (AvgIpc) is 2.37. The van der Waals surface area contributed by atoms with Crippen molar-refractivity contribution >= 4 is 19.8 Å². The van der Waals surface area contributed by atoms with Crippen molar-refractivity contribution in [2.45, 2.75) is 103 Å². The Labute approximate surface area is 162 Å². The Morgan fingerprint density at radius 2 is 1.20 bits per heavy atom. The molecule has 0 bridgehead atoms. The minimum atomic E-state index is -1.75. The van der Waals surface area contributed by atoms with Crippen LogP contribution in [-0.2, 0) is 0 Å². The van der Waals surface area contributed by atoms with Gasteiger partial charge in [-0.1, -0.05) is 62.3 Å². The Morgan fingerprint density at radius 1 is 0.800 bits per heavy atom. The van der Waals surface area contributed by atoms with E-state index in [0.717, 1.165) is 11.1 Å². The minimum Gasteiger partial charge on any atom is -0.507 e. The molecule has 0 heterocycles. The summed E-state index contributed by atoms with van der Waals surface area (Å²) >= 11 is 2.02. The Kier molecular flexibility index (Phi) is 6.30. The first-order valence-electron chi connectivity index (χ1n) is 9.40. The number of thioether (sulfide) groups is 1. The maximum absolute atomic E-state index is 10.2. The van der Waals surface area contributed by atoms with E-state index in [4.69, 9.17) is 0 Å². The molecule has 0 atom stereocenters. The van der Waals surface area contributed by atoms with Crippen LogP contribution in [0.5, 0.6) is 5.75 Å². The number of aromatic hydroxyl groups is 1. The van der Waals surface area contributed by atoms with Crippen LogP contribution < -0.4 is 0 Å². The van der Waals surface area contributed by atoms with E-state index in [0.29, 0.717) is 20.9 Å². The smallest absolute Gasteiger partial charge is 0.121 e. The standard InChI is InChI=1S/C22H40OSSi/c1-15-13-18(16(2)17(3)19(15)23)24-14-25(20(4,5)6,21(7,8)9)22(10,11)12/h13,23H,14H2,1-12H3. The van der Waals surface area contributed by atoms with Gasteiger partial charge < -0.3 is 5.11 Å². The highest BCUT2D eigenvalue weighted by molar-refractivity contribution is 8.01. The van der Waals surface area contributed by atoms with Crippen LogP contribution in [0.25, 0.3) is 0 Å². The van der Waals surface area contributed by atoms with Gasteiger partial charge in [0.25, 0.3) is 0 Å². The van der Waals surface area contributed by atoms with E-state index in [9.17, 15) is 5.11 Å². The average molecular weight is 381 g/mol. The van der Waals surface area contributed by atoms with Crippen LogP contribution in [-0.4, -0.2) is 18.6 Å². The van der Waals surface area contributed by atoms with Gasteiger partial charge >= 0.3 is 0 Å². The molecule has 0 aliphatic carbocycles. The van der Waals surface area contributed by atoms with Crippen LogP contribution in [0.1, 0.15) is 79.0 Å². The highest BCUT2D eigenvalue weighted by Gasteiger charge is 2.59. The summed E-state index contributed by atoms with van der Waals surface area (Å²) in [7, 11) is -1.75. The topological polar surface area (TPSA) is 20.2 Å². The summed E-state index contributed by atoms with van der Waals surface area (Å²) in [4.78, 5) is 1.34. The molecule has 0 aliphatic rings. The van der Waals surface area contributed by atoms with Crippen molar-refractivity contribution in [3.8, 4) is 5.75 Å². The Bertz CT molecular complexity index is 591. The van der Waals surface area contributed by atoms with Gasteiger partial charge in [-0.2, -0.15) is 0 Å². The molecule has 0 saturated heterocycles. The van der Waals surface area contributed by atoms with Gasteiger partial charge in [-0.25, -0.2) is 0 Å². The SMILES string of the molecule is Cc1cc(SC[Si](C(C)(C)C)(C(C)(C)C)C(C)(C)C)c(C)c(C)c1O. The lowest BCUT2D eigenvalue weighted by Gasteiger charge is -2.59. The second-order valence-electron chi connectivity index (χ2n) is 10.7. The number of hydrogen-bond donors (Lipinski definition) is 1. The fourth-order valence-corrected chi connectivity index (χ4v) is 19.5. The zero-order chi connectivity index (χ0) is 20.0. The van der Waals surface area contributed by atoms with Gasteiger partial charge in [0.1, 0.15) is 5.75 Å². The van der Waals surface area contributed by atoms with Crippen molar-refractivity contribution in [2.75, 3.05) is 5.38 Å². The monoisotopic (exact) mass is 380 g/mol. The lowest BCUT2D eigenvalue weighted by Crippen LogP contribution is -2.60. The van der Waals surface area contributed by atoms with E-state index >= 15 is 0 Å². The van der Waals surface area contributed by atoms with Crippen molar-refractivity contribution < 1.29 is 5.11 Å². The van der Waals surface area contributed by atoms with Gasteiger partial charge in [0, 0.05) is 4.90 Å². The molecule has 1 nitrogen and oxygen atoms in total. The summed E-state index contributed by atoms with van der Waals surface area (Å²) in [6, 6.07) is 2.18. The second-order valence-corrected chi connectivity index (χ2v) is 18.9. The zero-order valence-electron chi connectivity index (χ0n) is 18.6. The predicted molar refractivity (Wildman–Crippen MR) is 118 cm³/mol. The number of benzene rings is 1. The molecule has 25 heavy (non-hydrogen) atoms. The maximum atomic E-state index is 10.2. The molecule has 3 heteroatoms.